The second kappa shape index (κ2) is 9.31. The van der Waals surface area contributed by atoms with Crippen LogP contribution in [0.4, 0.5) is 10.1 Å². The molecule has 0 aliphatic heterocycles. The third kappa shape index (κ3) is 4.30. The average molecular weight is 432 g/mol. The maximum atomic E-state index is 14.4. The van der Waals surface area contributed by atoms with E-state index in [2.05, 4.69) is 16.2 Å². The highest BCUT2D eigenvalue weighted by molar-refractivity contribution is 6.08. The van der Waals surface area contributed by atoms with E-state index in [1.165, 1.54) is 18.2 Å². The third-order valence-electron chi connectivity index (χ3n) is 5.02. The van der Waals surface area contributed by atoms with E-state index in [1.54, 1.807) is 45.2 Å². The van der Waals surface area contributed by atoms with Crippen LogP contribution in [0.15, 0.2) is 62.8 Å². The molecule has 1 unspecified atom stereocenters. The molecular formula is C25H21FN2O4. The standard InChI is InChI=1S/C25H21FN2O4/c1-5-6-10-21(27-4)23-14(2)22(29)19-13-16(26)12-18(24(19)32-23)15(3)28-20-11-8-7-9-17(20)25(30)31/h1,6-13,15,28H,2-4H3,(H,30,31)/b10-6-,27-21+. The number of halogens is 1. The molecule has 0 amide bonds. The molecule has 162 valence electrons. The molecule has 0 aliphatic rings. The Morgan fingerprint density at radius 1 is 1.34 bits per heavy atom. The Kier molecular flexibility index (Phi) is 6.55. The Bertz CT molecular complexity index is 1360. The molecule has 0 bridgehead atoms. The lowest BCUT2D eigenvalue weighted by atomic mass is 10.0. The Hall–Kier alpha value is -4.18. The second-order valence-corrected chi connectivity index (χ2v) is 7.08. The number of fused-ring (bicyclic) bond motifs is 1. The first-order chi connectivity index (χ1) is 15.3. The molecule has 2 N–H and O–H groups in total. The van der Waals surface area contributed by atoms with Crippen molar-refractivity contribution < 1.29 is 18.7 Å². The van der Waals surface area contributed by atoms with E-state index >= 15 is 0 Å². The number of para-hydroxylation sites is 1. The van der Waals surface area contributed by atoms with Gasteiger partial charge in [-0.15, -0.1) is 6.42 Å². The zero-order valence-corrected chi connectivity index (χ0v) is 17.8. The number of carboxylic acid groups (broad SMARTS) is 1. The monoisotopic (exact) mass is 432 g/mol. The van der Waals surface area contributed by atoms with Gasteiger partial charge < -0.3 is 14.8 Å². The molecule has 1 aromatic heterocycles. The summed E-state index contributed by atoms with van der Waals surface area (Å²) in [4.78, 5) is 28.7. The van der Waals surface area contributed by atoms with E-state index in [0.717, 1.165) is 6.07 Å². The fourth-order valence-corrected chi connectivity index (χ4v) is 3.43. The summed E-state index contributed by atoms with van der Waals surface area (Å²) in [6.07, 6.45) is 8.26. The third-order valence-corrected chi connectivity index (χ3v) is 5.02. The number of allylic oxidation sites excluding steroid dienone is 2. The molecule has 0 saturated carbocycles. The number of carboxylic acids is 1. The van der Waals surface area contributed by atoms with Gasteiger partial charge >= 0.3 is 5.97 Å². The highest BCUT2D eigenvalue weighted by Crippen LogP contribution is 2.30. The van der Waals surface area contributed by atoms with E-state index in [1.807, 2.05) is 0 Å². The lowest BCUT2D eigenvalue weighted by Gasteiger charge is -2.19. The van der Waals surface area contributed by atoms with Crippen LogP contribution in [0.1, 0.15) is 40.2 Å². The van der Waals surface area contributed by atoms with Gasteiger partial charge in [-0.3, -0.25) is 9.79 Å². The van der Waals surface area contributed by atoms with Crippen LogP contribution in [0.5, 0.6) is 0 Å². The minimum Gasteiger partial charge on any atom is -0.478 e. The molecule has 3 rings (SSSR count). The molecule has 3 aromatic rings. The van der Waals surface area contributed by atoms with Crippen LogP contribution in [-0.4, -0.2) is 23.8 Å². The molecule has 0 fully saturated rings. The van der Waals surface area contributed by atoms with Gasteiger partial charge in [0.25, 0.3) is 0 Å². The summed E-state index contributed by atoms with van der Waals surface area (Å²) in [5, 5.41) is 12.6. The van der Waals surface area contributed by atoms with Crippen molar-refractivity contribution in [3.05, 3.63) is 87.0 Å². The number of hydrogen-bond donors (Lipinski definition) is 2. The highest BCUT2D eigenvalue weighted by atomic mass is 19.1. The fraction of sp³-hybridized carbons (Fsp3) is 0.160. The topological polar surface area (TPSA) is 91.9 Å². The number of carbonyl (C=O) groups is 1. The van der Waals surface area contributed by atoms with Gasteiger partial charge in [-0.25, -0.2) is 9.18 Å². The molecule has 0 aliphatic carbocycles. The lowest BCUT2D eigenvalue weighted by Crippen LogP contribution is -2.16. The molecule has 6 nitrogen and oxygen atoms in total. The van der Waals surface area contributed by atoms with E-state index in [0.29, 0.717) is 17.0 Å². The molecule has 2 aromatic carbocycles. The summed E-state index contributed by atoms with van der Waals surface area (Å²) in [5.74, 6) is 0.881. The normalized spacial score (nSPS) is 12.7. The van der Waals surface area contributed by atoms with Gasteiger partial charge in [0, 0.05) is 23.9 Å². The van der Waals surface area contributed by atoms with Crippen molar-refractivity contribution in [2.24, 2.45) is 4.99 Å². The van der Waals surface area contributed by atoms with E-state index in [9.17, 15) is 19.1 Å². The first kappa shape index (κ1) is 22.5. The number of nitrogens with zero attached hydrogens (tertiary/aromatic N) is 1. The van der Waals surface area contributed by atoms with Gasteiger partial charge in [-0.05, 0) is 50.3 Å². The van der Waals surface area contributed by atoms with Crippen molar-refractivity contribution in [1.29, 1.82) is 0 Å². The van der Waals surface area contributed by atoms with Gasteiger partial charge in [0.1, 0.15) is 17.1 Å². The highest BCUT2D eigenvalue weighted by Gasteiger charge is 2.21. The van der Waals surface area contributed by atoms with E-state index in [-0.39, 0.29) is 27.9 Å². The molecule has 1 heterocycles. The molecule has 1 atom stereocenters. The smallest absolute Gasteiger partial charge is 0.337 e. The molecule has 0 spiro atoms. The Balaban J connectivity index is 2.21. The van der Waals surface area contributed by atoms with Crippen molar-refractivity contribution in [1.82, 2.24) is 0 Å². The summed E-state index contributed by atoms with van der Waals surface area (Å²) in [6, 6.07) is 8.17. The summed E-state index contributed by atoms with van der Waals surface area (Å²) >= 11 is 0. The van der Waals surface area contributed by atoms with Crippen LogP contribution in [0, 0.1) is 25.1 Å². The Labute approximate surface area is 184 Å². The number of terminal acetylenes is 1. The zero-order valence-electron chi connectivity index (χ0n) is 17.8. The molecular weight excluding hydrogens is 411 g/mol. The quantitative estimate of drug-likeness (QED) is 0.434. The van der Waals surface area contributed by atoms with Crippen molar-refractivity contribution in [3.63, 3.8) is 0 Å². The summed E-state index contributed by atoms with van der Waals surface area (Å²) in [7, 11) is 1.54. The van der Waals surface area contributed by atoms with Gasteiger partial charge in [0.05, 0.1) is 17.0 Å². The molecule has 7 heteroatoms. The van der Waals surface area contributed by atoms with E-state index < -0.39 is 23.3 Å². The van der Waals surface area contributed by atoms with Crippen molar-refractivity contribution in [2.75, 3.05) is 12.4 Å². The zero-order chi connectivity index (χ0) is 23.4. The van der Waals surface area contributed by atoms with Crippen LogP contribution in [0.3, 0.4) is 0 Å². The number of benzene rings is 2. The predicted octanol–water partition coefficient (Wildman–Crippen LogP) is 4.72. The molecule has 32 heavy (non-hydrogen) atoms. The predicted molar refractivity (Wildman–Crippen MR) is 123 cm³/mol. The van der Waals surface area contributed by atoms with Gasteiger partial charge in [0.2, 0.25) is 0 Å². The Morgan fingerprint density at radius 2 is 2.06 bits per heavy atom. The number of anilines is 1. The first-order valence-corrected chi connectivity index (χ1v) is 9.74. The van der Waals surface area contributed by atoms with Crippen LogP contribution < -0.4 is 10.7 Å². The second-order valence-electron chi connectivity index (χ2n) is 7.08. The summed E-state index contributed by atoms with van der Waals surface area (Å²) < 4.78 is 20.5. The van der Waals surface area contributed by atoms with Crippen LogP contribution >= 0.6 is 0 Å². The lowest BCUT2D eigenvalue weighted by molar-refractivity contribution is 0.0698. The van der Waals surface area contributed by atoms with Crippen molar-refractivity contribution in [2.45, 2.75) is 19.9 Å². The SMILES string of the molecule is C#C/C=C\C(=N/C)c1oc2c(C(C)Nc3ccccc3C(=O)O)cc(F)cc2c(=O)c1C. The first-order valence-electron chi connectivity index (χ1n) is 9.74. The van der Waals surface area contributed by atoms with Crippen LogP contribution in [0.2, 0.25) is 0 Å². The fourth-order valence-electron chi connectivity index (χ4n) is 3.43. The van der Waals surface area contributed by atoms with Gasteiger partial charge in [-0.1, -0.05) is 18.1 Å². The van der Waals surface area contributed by atoms with Gasteiger partial charge in [0.15, 0.2) is 11.2 Å². The number of nitrogens with one attached hydrogen (secondary N) is 1. The average Bonchev–Trinajstić information content (AvgIpc) is 2.77. The molecule has 0 saturated heterocycles. The number of aliphatic imine (C=N–C) groups is 1. The number of rotatable bonds is 6. The maximum absolute atomic E-state index is 14.4. The number of hydrogen-bond acceptors (Lipinski definition) is 5. The maximum Gasteiger partial charge on any atom is 0.337 e. The van der Waals surface area contributed by atoms with Crippen molar-refractivity contribution >= 4 is 28.3 Å². The Morgan fingerprint density at radius 3 is 2.72 bits per heavy atom. The van der Waals surface area contributed by atoms with E-state index in [4.69, 9.17) is 10.8 Å². The molecule has 0 radical (unpaired) electrons. The van der Waals surface area contributed by atoms with Gasteiger partial charge in [-0.2, -0.15) is 0 Å². The number of aromatic carboxylic acids is 1. The van der Waals surface area contributed by atoms with Crippen LogP contribution in [-0.2, 0) is 0 Å². The minimum absolute atomic E-state index is 0.0675. The summed E-state index contributed by atoms with van der Waals surface area (Å²) in [5.41, 5.74) is 1.20. The van der Waals surface area contributed by atoms with Crippen LogP contribution in [0.25, 0.3) is 11.0 Å². The minimum atomic E-state index is -1.10. The largest absolute Gasteiger partial charge is 0.478 e. The summed E-state index contributed by atoms with van der Waals surface area (Å²) in [6.45, 7) is 3.30. The van der Waals surface area contributed by atoms with Crippen molar-refractivity contribution in [3.8, 4) is 12.3 Å².